The maximum Gasteiger partial charge on any atom is 0.268 e. The molecule has 0 bridgehead atoms. The molecule has 1 amide bonds. The molecular weight excluding hydrogens is 372 g/mol. The zero-order valence-electron chi connectivity index (χ0n) is 15.5. The fourth-order valence-electron chi connectivity index (χ4n) is 3.68. The van der Waals surface area contributed by atoms with Gasteiger partial charge in [-0.1, -0.05) is 29.8 Å². The molecule has 1 fully saturated rings. The van der Waals surface area contributed by atoms with Gasteiger partial charge in [0.1, 0.15) is 0 Å². The van der Waals surface area contributed by atoms with Crippen molar-refractivity contribution in [2.45, 2.75) is 32.4 Å². The monoisotopic (exact) mass is 396 g/mol. The second kappa shape index (κ2) is 8.38. The number of amides is 1. The quantitative estimate of drug-likeness (QED) is 0.574. The summed E-state index contributed by atoms with van der Waals surface area (Å²) in [7, 11) is 0. The predicted molar refractivity (Wildman–Crippen MR) is 115 cm³/mol. The number of hydrogen-bond donors (Lipinski definition) is 0. The van der Waals surface area contributed by atoms with Crippen LogP contribution in [0, 0.1) is 6.92 Å². The van der Waals surface area contributed by atoms with E-state index in [1.54, 1.807) is 0 Å². The van der Waals surface area contributed by atoms with Crippen LogP contribution in [0.5, 0.6) is 0 Å². The third-order valence-corrected chi connectivity index (χ3v) is 6.86. The van der Waals surface area contributed by atoms with Crippen LogP contribution in [0.25, 0.3) is 0 Å². The number of thiophene rings is 2. The third-order valence-electron chi connectivity index (χ3n) is 5.14. The average Bonchev–Trinajstić information content (AvgIpc) is 3.39. The second-order valence-corrected chi connectivity index (χ2v) is 9.05. The minimum Gasteiger partial charge on any atom is -0.305 e. The van der Waals surface area contributed by atoms with E-state index in [1.165, 1.54) is 21.8 Å². The van der Waals surface area contributed by atoms with Crippen molar-refractivity contribution in [3.05, 3.63) is 74.6 Å². The maximum atomic E-state index is 13.3. The Labute approximate surface area is 168 Å². The summed E-state index contributed by atoms with van der Waals surface area (Å²) in [6.45, 7) is 5.16. The Morgan fingerprint density at radius 1 is 1.04 bits per heavy atom. The molecule has 0 atom stereocenters. The van der Waals surface area contributed by atoms with Crippen LogP contribution in [0.15, 0.2) is 59.3 Å². The fraction of sp³-hybridized carbons (Fsp3) is 0.318. The Morgan fingerprint density at radius 3 is 2.37 bits per heavy atom. The Hall–Kier alpha value is -1.95. The first kappa shape index (κ1) is 18.4. The molecule has 0 spiro atoms. The summed E-state index contributed by atoms with van der Waals surface area (Å²) in [4.78, 5) is 20.0. The molecule has 5 heteroatoms. The van der Waals surface area contributed by atoms with Gasteiger partial charge in [0.15, 0.2) is 0 Å². The maximum absolute atomic E-state index is 13.3. The number of anilines is 1. The second-order valence-electron chi connectivity index (χ2n) is 7.07. The molecule has 1 aliphatic rings. The summed E-state index contributed by atoms with van der Waals surface area (Å²) in [6, 6.07) is 16.8. The smallest absolute Gasteiger partial charge is 0.268 e. The van der Waals surface area contributed by atoms with Crippen LogP contribution in [0.4, 0.5) is 5.69 Å². The van der Waals surface area contributed by atoms with Gasteiger partial charge in [-0.15, -0.1) is 22.7 Å². The van der Waals surface area contributed by atoms with Gasteiger partial charge in [-0.05, 0) is 54.8 Å². The third kappa shape index (κ3) is 4.32. The first-order valence-corrected chi connectivity index (χ1v) is 11.1. The minimum absolute atomic E-state index is 0.130. The lowest BCUT2D eigenvalue weighted by atomic mass is 10.0. The van der Waals surface area contributed by atoms with Gasteiger partial charge in [-0.3, -0.25) is 9.69 Å². The predicted octanol–water partition coefficient (Wildman–Crippen LogP) is 5.43. The molecule has 2 aromatic heterocycles. The molecule has 1 saturated heterocycles. The van der Waals surface area contributed by atoms with Crippen molar-refractivity contribution in [3.63, 3.8) is 0 Å². The van der Waals surface area contributed by atoms with E-state index in [-0.39, 0.29) is 11.9 Å². The summed E-state index contributed by atoms with van der Waals surface area (Å²) in [5.74, 6) is 0.130. The molecule has 140 valence electrons. The molecule has 3 nitrogen and oxygen atoms in total. The van der Waals surface area contributed by atoms with Gasteiger partial charge in [0, 0.05) is 36.2 Å². The molecule has 3 aromatic rings. The SMILES string of the molecule is Cc1ccc(N(C(=O)c2cccs2)C2CCN(Cc3cccs3)CC2)cc1. The van der Waals surface area contributed by atoms with Gasteiger partial charge in [-0.2, -0.15) is 0 Å². The fourth-order valence-corrected chi connectivity index (χ4v) is 5.08. The van der Waals surface area contributed by atoms with E-state index in [0.29, 0.717) is 0 Å². The number of carbonyl (C=O) groups is 1. The molecular formula is C22H24N2OS2. The molecule has 1 aromatic carbocycles. The number of hydrogen-bond acceptors (Lipinski definition) is 4. The topological polar surface area (TPSA) is 23.6 Å². The van der Waals surface area contributed by atoms with Crippen LogP contribution in [0.2, 0.25) is 0 Å². The zero-order chi connectivity index (χ0) is 18.6. The Morgan fingerprint density at radius 2 is 1.74 bits per heavy atom. The Bertz CT molecular complexity index is 848. The van der Waals surface area contributed by atoms with E-state index in [2.05, 4.69) is 53.6 Å². The summed E-state index contributed by atoms with van der Waals surface area (Å²) < 4.78 is 0. The van der Waals surface area contributed by atoms with E-state index in [0.717, 1.165) is 43.0 Å². The Balaban J connectivity index is 1.51. The van der Waals surface area contributed by atoms with Crippen molar-refractivity contribution < 1.29 is 4.79 Å². The number of aryl methyl sites for hydroxylation is 1. The average molecular weight is 397 g/mol. The molecule has 0 N–H and O–H groups in total. The lowest BCUT2D eigenvalue weighted by Crippen LogP contribution is -2.47. The van der Waals surface area contributed by atoms with Crippen molar-refractivity contribution in [3.8, 4) is 0 Å². The number of likely N-dealkylation sites (tertiary alicyclic amines) is 1. The van der Waals surface area contributed by atoms with Crippen molar-refractivity contribution in [1.82, 2.24) is 4.90 Å². The van der Waals surface area contributed by atoms with E-state index >= 15 is 0 Å². The summed E-state index contributed by atoms with van der Waals surface area (Å²) >= 11 is 3.34. The van der Waals surface area contributed by atoms with Crippen LogP contribution in [-0.4, -0.2) is 29.9 Å². The van der Waals surface area contributed by atoms with Crippen LogP contribution >= 0.6 is 22.7 Å². The molecule has 0 saturated carbocycles. The van der Waals surface area contributed by atoms with Gasteiger partial charge >= 0.3 is 0 Å². The molecule has 27 heavy (non-hydrogen) atoms. The highest BCUT2D eigenvalue weighted by Gasteiger charge is 2.30. The molecule has 4 rings (SSSR count). The minimum atomic E-state index is 0.130. The number of benzene rings is 1. The van der Waals surface area contributed by atoms with Crippen LogP contribution in [0.3, 0.4) is 0 Å². The number of nitrogens with zero attached hydrogens (tertiary/aromatic N) is 2. The first-order valence-electron chi connectivity index (χ1n) is 9.39. The lowest BCUT2D eigenvalue weighted by molar-refractivity contribution is 0.0962. The highest BCUT2D eigenvalue weighted by Crippen LogP contribution is 2.28. The normalized spacial score (nSPS) is 15.7. The van der Waals surface area contributed by atoms with Crippen LogP contribution in [-0.2, 0) is 6.54 Å². The lowest BCUT2D eigenvalue weighted by Gasteiger charge is -2.38. The van der Waals surface area contributed by atoms with Gasteiger partial charge in [0.2, 0.25) is 0 Å². The van der Waals surface area contributed by atoms with Crippen molar-refractivity contribution in [1.29, 1.82) is 0 Å². The van der Waals surface area contributed by atoms with Gasteiger partial charge in [0.25, 0.3) is 5.91 Å². The highest BCUT2D eigenvalue weighted by atomic mass is 32.1. The van der Waals surface area contributed by atoms with E-state index < -0.39 is 0 Å². The first-order chi connectivity index (χ1) is 13.2. The van der Waals surface area contributed by atoms with Crippen LogP contribution in [0.1, 0.15) is 33.0 Å². The number of rotatable bonds is 5. The standard InChI is InChI=1S/C22H24N2OS2/c1-17-6-8-18(9-7-17)24(22(25)21-5-3-15-27-21)19-10-12-23(13-11-19)16-20-4-2-14-26-20/h2-9,14-15,19H,10-13,16H2,1H3. The molecule has 3 heterocycles. The van der Waals surface area contributed by atoms with Gasteiger partial charge < -0.3 is 4.90 Å². The van der Waals surface area contributed by atoms with Gasteiger partial charge in [0.05, 0.1) is 4.88 Å². The van der Waals surface area contributed by atoms with E-state index in [9.17, 15) is 4.79 Å². The summed E-state index contributed by atoms with van der Waals surface area (Å²) in [6.07, 6.45) is 2.02. The van der Waals surface area contributed by atoms with Crippen molar-refractivity contribution in [2.75, 3.05) is 18.0 Å². The summed E-state index contributed by atoms with van der Waals surface area (Å²) in [5.41, 5.74) is 2.23. The zero-order valence-corrected chi connectivity index (χ0v) is 17.1. The van der Waals surface area contributed by atoms with Crippen molar-refractivity contribution >= 4 is 34.3 Å². The molecule has 1 aliphatic heterocycles. The van der Waals surface area contributed by atoms with Gasteiger partial charge in [-0.25, -0.2) is 0 Å². The van der Waals surface area contributed by atoms with Crippen molar-refractivity contribution in [2.24, 2.45) is 0 Å². The highest BCUT2D eigenvalue weighted by molar-refractivity contribution is 7.12. The molecule has 0 radical (unpaired) electrons. The molecule has 0 aliphatic carbocycles. The largest absolute Gasteiger partial charge is 0.305 e. The van der Waals surface area contributed by atoms with E-state index in [1.807, 2.05) is 33.7 Å². The van der Waals surface area contributed by atoms with Crippen LogP contribution < -0.4 is 4.90 Å². The van der Waals surface area contributed by atoms with E-state index in [4.69, 9.17) is 0 Å². The summed E-state index contributed by atoms with van der Waals surface area (Å²) in [5, 5.41) is 4.12. The number of carbonyl (C=O) groups excluding carboxylic acids is 1. The Kier molecular flexibility index (Phi) is 5.72. The number of piperidine rings is 1. The molecule has 0 unspecified atom stereocenters.